The standard InChI is InChI=1S/C14H21N7O3/c1-22-7-6-21-18-12(15-19-21)11-9-20(5-8-23-11)14-17-16-13(24-14)10-3-2-4-10/h10-11H,2-9H2,1H3. The number of morpholine rings is 1. The molecule has 1 aliphatic heterocycles. The van der Waals surface area contributed by atoms with Crippen LogP contribution >= 0.6 is 0 Å². The summed E-state index contributed by atoms with van der Waals surface area (Å²) >= 11 is 0. The van der Waals surface area contributed by atoms with E-state index in [4.69, 9.17) is 13.9 Å². The lowest BCUT2D eigenvalue weighted by atomic mass is 9.85. The fourth-order valence-electron chi connectivity index (χ4n) is 2.81. The second kappa shape index (κ2) is 6.81. The first-order chi connectivity index (χ1) is 11.8. The lowest BCUT2D eigenvalue weighted by Gasteiger charge is -2.30. The number of nitrogens with zero attached hydrogens (tertiary/aromatic N) is 7. The summed E-state index contributed by atoms with van der Waals surface area (Å²) < 4.78 is 16.6. The largest absolute Gasteiger partial charge is 0.408 e. The molecule has 24 heavy (non-hydrogen) atoms. The number of hydrogen-bond donors (Lipinski definition) is 0. The van der Waals surface area contributed by atoms with Crippen LogP contribution < -0.4 is 4.90 Å². The molecule has 1 unspecified atom stereocenters. The molecule has 10 nitrogen and oxygen atoms in total. The number of rotatable bonds is 6. The Morgan fingerprint density at radius 3 is 2.96 bits per heavy atom. The van der Waals surface area contributed by atoms with Crippen LogP contribution in [0.5, 0.6) is 0 Å². The lowest BCUT2D eigenvalue weighted by molar-refractivity contribution is 0.0319. The maximum atomic E-state index is 5.84. The van der Waals surface area contributed by atoms with Crippen LogP contribution in [-0.2, 0) is 16.0 Å². The van der Waals surface area contributed by atoms with Crippen molar-refractivity contribution in [2.75, 3.05) is 38.3 Å². The minimum Gasteiger partial charge on any atom is -0.408 e. The van der Waals surface area contributed by atoms with Crippen molar-refractivity contribution in [3.8, 4) is 0 Å². The van der Waals surface area contributed by atoms with Gasteiger partial charge in [0.15, 0.2) is 0 Å². The van der Waals surface area contributed by atoms with Gasteiger partial charge in [-0.2, -0.15) is 4.80 Å². The van der Waals surface area contributed by atoms with Gasteiger partial charge in [-0.3, -0.25) is 0 Å². The average molecular weight is 335 g/mol. The fraction of sp³-hybridized carbons (Fsp3) is 0.786. The zero-order chi connectivity index (χ0) is 16.4. The Labute approximate surface area is 139 Å². The maximum absolute atomic E-state index is 5.84. The van der Waals surface area contributed by atoms with E-state index in [-0.39, 0.29) is 6.10 Å². The molecule has 1 saturated heterocycles. The number of hydrogen-bond acceptors (Lipinski definition) is 9. The molecular weight excluding hydrogens is 314 g/mol. The number of ether oxygens (including phenoxy) is 2. The van der Waals surface area contributed by atoms with Crippen molar-refractivity contribution in [2.45, 2.75) is 37.8 Å². The zero-order valence-electron chi connectivity index (χ0n) is 13.7. The first-order valence-corrected chi connectivity index (χ1v) is 8.30. The monoisotopic (exact) mass is 335 g/mol. The van der Waals surface area contributed by atoms with E-state index >= 15 is 0 Å². The van der Waals surface area contributed by atoms with Gasteiger partial charge < -0.3 is 18.8 Å². The van der Waals surface area contributed by atoms with E-state index in [2.05, 4.69) is 25.6 Å². The Kier molecular flexibility index (Phi) is 4.39. The van der Waals surface area contributed by atoms with Gasteiger partial charge in [-0.15, -0.1) is 15.3 Å². The third-order valence-electron chi connectivity index (χ3n) is 4.47. The van der Waals surface area contributed by atoms with E-state index in [1.165, 1.54) is 11.2 Å². The predicted molar refractivity (Wildman–Crippen MR) is 81.5 cm³/mol. The Balaban J connectivity index is 1.41. The van der Waals surface area contributed by atoms with Gasteiger partial charge in [-0.25, -0.2) is 0 Å². The average Bonchev–Trinajstić information content (AvgIpc) is 3.21. The summed E-state index contributed by atoms with van der Waals surface area (Å²) in [5.74, 6) is 1.75. The summed E-state index contributed by atoms with van der Waals surface area (Å²) in [6, 6.07) is 0.553. The maximum Gasteiger partial charge on any atom is 0.318 e. The smallest absolute Gasteiger partial charge is 0.318 e. The third-order valence-corrected chi connectivity index (χ3v) is 4.47. The molecule has 0 N–H and O–H groups in total. The van der Waals surface area contributed by atoms with Crippen LogP contribution in [0.4, 0.5) is 6.01 Å². The molecule has 2 aromatic heterocycles. The third kappa shape index (κ3) is 3.11. The van der Waals surface area contributed by atoms with Gasteiger partial charge in [0.05, 0.1) is 26.3 Å². The number of aromatic nitrogens is 6. The van der Waals surface area contributed by atoms with Gasteiger partial charge in [0.1, 0.15) is 6.10 Å². The van der Waals surface area contributed by atoms with Crippen molar-refractivity contribution >= 4 is 6.01 Å². The van der Waals surface area contributed by atoms with Crippen molar-refractivity contribution < 1.29 is 13.9 Å². The van der Waals surface area contributed by atoms with Gasteiger partial charge >= 0.3 is 6.01 Å². The molecule has 0 spiro atoms. The summed E-state index contributed by atoms with van der Waals surface area (Å²) in [7, 11) is 1.64. The highest BCUT2D eigenvalue weighted by Crippen LogP contribution is 2.36. The van der Waals surface area contributed by atoms with Gasteiger partial charge in [0, 0.05) is 19.6 Å². The topological polar surface area (TPSA) is 104 Å². The summed E-state index contributed by atoms with van der Waals surface area (Å²) in [6.07, 6.45) is 3.27. The summed E-state index contributed by atoms with van der Waals surface area (Å²) in [6.45, 7) is 2.94. The highest BCUT2D eigenvalue weighted by atomic mass is 16.5. The SMILES string of the molecule is COCCn1nnc(C2CN(c3nnc(C4CCC4)o3)CCO2)n1. The molecule has 10 heteroatoms. The Hall–Kier alpha value is -2.07. The van der Waals surface area contributed by atoms with Crippen molar-refractivity contribution in [2.24, 2.45) is 0 Å². The van der Waals surface area contributed by atoms with Crippen molar-refractivity contribution in [3.05, 3.63) is 11.7 Å². The van der Waals surface area contributed by atoms with E-state index in [1.54, 1.807) is 7.11 Å². The minimum atomic E-state index is -0.255. The molecule has 0 amide bonds. The molecule has 0 radical (unpaired) electrons. The number of methoxy groups -OCH3 is 1. The highest BCUT2D eigenvalue weighted by Gasteiger charge is 2.30. The molecule has 3 heterocycles. The van der Waals surface area contributed by atoms with E-state index in [0.29, 0.717) is 50.6 Å². The molecule has 4 rings (SSSR count). The van der Waals surface area contributed by atoms with Crippen LogP contribution in [0.1, 0.15) is 43.0 Å². The molecule has 1 saturated carbocycles. The number of anilines is 1. The van der Waals surface area contributed by atoms with E-state index in [0.717, 1.165) is 18.7 Å². The first-order valence-electron chi connectivity index (χ1n) is 8.30. The normalized spacial score (nSPS) is 21.9. The Bertz CT molecular complexity index is 669. The van der Waals surface area contributed by atoms with Crippen molar-refractivity contribution in [1.82, 2.24) is 30.4 Å². The Morgan fingerprint density at radius 2 is 2.17 bits per heavy atom. The first kappa shape index (κ1) is 15.5. The molecule has 0 bridgehead atoms. The minimum absolute atomic E-state index is 0.255. The van der Waals surface area contributed by atoms with Gasteiger partial charge in [0.2, 0.25) is 11.7 Å². The van der Waals surface area contributed by atoms with Crippen molar-refractivity contribution in [1.29, 1.82) is 0 Å². The quantitative estimate of drug-likeness (QED) is 0.748. The van der Waals surface area contributed by atoms with Gasteiger partial charge in [-0.1, -0.05) is 11.5 Å². The molecule has 2 fully saturated rings. The van der Waals surface area contributed by atoms with Crippen LogP contribution in [-0.4, -0.2) is 63.8 Å². The van der Waals surface area contributed by atoms with Crippen LogP contribution in [0.25, 0.3) is 0 Å². The molecule has 1 atom stereocenters. The van der Waals surface area contributed by atoms with E-state index in [9.17, 15) is 0 Å². The van der Waals surface area contributed by atoms with Gasteiger partial charge in [0.25, 0.3) is 0 Å². The molecule has 2 aromatic rings. The molecule has 130 valence electrons. The molecular formula is C14H21N7O3. The van der Waals surface area contributed by atoms with Crippen LogP contribution in [0, 0.1) is 0 Å². The van der Waals surface area contributed by atoms with Crippen LogP contribution in [0.15, 0.2) is 4.42 Å². The van der Waals surface area contributed by atoms with Gasteiger partial charge in [-0.05, 0) is 18.1 Å². The van der Waals surface area contributed by atoms with Crippen LogP contribution in [0.2, 0.25) is 0 Å². The summed E-state index contributed by atoms with van der Waals surface area (Å²) in [5.41, 5.74) is 0. The number of tetrazole rings is 1. The molecule has 1 aliphatic carbocycles. The van der Waals surface area contributed by atoms with E-state index in [1.807, 2.05) is 4.90 Å². The summed E-state index contributed by atoms with van der Waals surface area (Å²) in [5, 5.41) is 20.8. The van der Waals surface area contributed by atoms with E-state index < -0.39 is 0 Å². The Morgan fingerprint density at radius 1 is 1.25 bits per heavy atom. The second-order valence-electron chi connectivity index (χ2n) is 6.09. The van der Waals surface area contributed by atoms with Crippen LogP contribution in [0.3, 0.4) is 0 Å². The predicted octanol–water partition coefficient (Wildman–Crippen LogP) is 0.548. The zero-order valence-corrected chi connectivity index (χ0v) is 13.7. The molecule has 0 aromatic carbocycles. The second-order valence-corrected chi connectivity index (χ2v) is 6.09. The lowest BCUT2D eigenvalue weighted by Crippen LogP contribution is -2.39. The fourth-order valence-corrected chi connectivity index (χ4v) is 2.81. The molecule has 2 aliphatic rings. The highest BCUT2D eigenvalue weighted by molar-refractivity contribution is 5.26. The van der Waals surface area contributed by atoms with Crippen molar-refractivity contribution in [3.63, 3.8) is 0 Å². The summed E-state index contributed by atoms with van der Waals surface area (Å²) in [4.78, 5) is 3.54.